The number of hydrogen-bond donors (Lipinski definition) is 0. The Labute approximate surface area is 151 Å². The van der Waals surface area contributed by atoms with E-state index in [0.29, 0.717) is 10.0 Å². The van der Waals surface area contributed by atoms with E-state index in [0.717, 1.165) is 30.6 Å². The molecule has 2 atom stereocenters. The molecule has 0 bridgehead atoms. The van der Waals surface area contributed by atoms with E-state index in [2.05, 4.69) is 4.90 Å². The lowest BCUT2D eigenvalue weighted by molar-refractivity contribution is 0.0906. The van der Waals surface area contributed by atoms with Crippen LogP contribution in [0.25, 0.3) is 0 Å². The van der Waals surface area contributed by atoms with E-state index < -0.39 is 0 Å². The van der Waals surface area contributed by atoms with Crippen LogP contribution in [0.3, 0.4) is 0 Å². The minimum absolute atomic E-state index is 0.165. The Kier molecular flexibility index (Phi) is 4.42. The third-order valence-electron chi connectivity index (χ3n) is 4.96. The van der Waals surface area contributed by atoms with Crippen molar-refractivity contribution in [3.8, 4) is 5.75 Å². The molecule has 2 aliphatic rings. The highest BCUT2D eigenvalue weighted by Gasteiger charge is 2.40. The van der Waals surface area contributed by atoms with Gasteiger partial charge in [-0.05, 0) is 62.2 Å². The summed E-state index contributed by atoms with van der Waals surface area (Å²) in [6.07, 6.45) is 2.93. The quantitative estimate of drug-likeness (QED) is 0.734. The van der Waals surface area contributed by atoms with E-state index in [4.69, 9.17) is 27.9 Å². The Balaban J connectivity index is 1.73. The summed E-state index contributed by atoms with van der Waals surface area (Å²) in [4.78, 5) is 2.43. The number of nitrogens with zero attached hydrogens (tertiary/aromatic N) is 1. The van der Waals surface area contributed by atoms with E-state index in [1.807, 2.05) is 6.07 Å². The van der Waals surface area contributed by atoms with E-state index in [1.54, 1.807) is 24.3 Å². The molecule has 4 rings (SSSR count). The van der Waals surface area contributed by atoms with Gasteiger partial charge in [0.15, 0.2) is 11.6 Å². The van der Waals surface area contributed by atoms with Gasteiger partial charge in [-0.2, -0.15) is 0 Å². The summed E-state index contributed by atoms with van der Waals surface area (Å²) in [6.45, 7) is 2.09. The Hall–Kier alpha value is -1.29. The molecular weight excluding hydrogens is 348 g/mol. The number of benzene rings is 2. The predicted octanol–water partition coefficient (Wildman–Crippen LogP) is 5.27. The van der Waals surface area contributed by atoms with Gasteiger partial charge in [-0.1, -0.05) is 35.3 Å². The van der Waals surface area contributed by atoms with Gasteiger partial charge in [0.05, 0.1) is 6.04 Å². The molecule has 1 aliphatic heterocycles. The second-order valence-corrected chi connectivity index (χ2v) is 7.28. The van der Waals surface area contributed by atoms with Crippen LogP contribution in [0.1, 0.15) is 30.1 Å². The first kappa shape index (κ1) is 16.2. The lowest BCUT2D eigenvalue weighted by Crippen LogP contribution is -2.38. The molecular formula is C19H18Cl2FNO. The summed E-state index contributed by atoms with van der Waals surface area (Å²) in [7, 11) is 0. The van der Waals surface area contributed by atoms with Crippen molar-refractivity contribution in [3.05, 3.63) is 63.4 Å². The summed E-state index contributed by atoms with van der Waals surface area (Å²) < 4.78 is 20.2. The van der Waals surface area contributed by atoms with Crippen LogP contribution in [0.15, 0.2) is 36.4 Å². The molecule has 24 heavy (non-hydrogen) atoms. The lowest BCUT2D eigenvalue weighted by atomic mass is 10.1. The predicted molar refractivity (Wildman–Crippen MR) is 94.5 cm³/mol. The van der Waals surface area contributed by atoms with Crippen LogP contribution in [-0.2, 0) is 6.42 Å². The number of fused-ring (bicyclic) bond motifs is 1. The maximum Gasteiger partial charge on any atom is 0.165 e. The smallest absolute Gasteiger partial charge is 0.165 e. The summed E-state index contributed by atoms with van der Waals surface area (Å²) in [6, 6.07) is 10.4. The Morgan fingerprint density at radius 2 is 1.83 bits per heavy atom. The van der Waals surface area contributed by atoms with Gasteiger partial charge in [-0.15, -0.1) is 0 Å². The zero-order valence-corrected chi connectivity index (χ0v) is 14.7. The molecule has 0 N–H and O–H groups in total. The Morgan fingerprint density at radius 1 is 1.08 bits per heavy atom. The second kappa shape index (κ2) is 6.55. The number of ether oxygens (including phenoxy) is 1. The zero-order chi connectivity index (χ0) is 16.7. The van der Waals surface area contributed by atoms with Crippen LogP contribution in [0.2, 0.25) is 10.0 Å². The molecule has 0 amide bonds. The number of likely N-dealkylation sites (tertiary alicyclic amines) is 1. The minimum Gasteiger partial charge on any atom is -0.481 e. The molecule has 0 unspecified atom stereocenters. The van der Waals surface area contributed by atoms with Crippen molar-refractivity contribution in [1.29, 1.82) is 0 Å². The van der Waals surface area contributed by atoms with Crippen molar-refractivity contribution in [3.63, 3.8) is 0 Å². The molecule has 1 heterocycles. The fourth-order valence-electron chi connectivity index (χ4n) is 3.83. The highest BCUT2D eigenvalue weighted by molar-refractivity contribution is 6.35. The average molecular weight is 366 g/mol. The van der Waals surface area contributed by atoms with Crippen molar-refractivity contribution in [1.82, 2.24) is 4.90 Å². The second-order valence-electron chi connectivity index (χ2n) is 6.44. The van der Waals surface area contributed by atoms with Crippen LogP contribution in [0.5, 0.6) is 5.75 Å². The highest BCUT2D eigenvalue weighted by atomic mass is 35.5. The van der Waals surface area contributed by atoms with Gasteiger partial charge in [0.25, 0.3) is 0 Å². The number of para-hydroxylation sites is 1. The SMILES string of the molecule is Fc1ccccc1O[C@H]1c2cc(Cl)cc(Cl)c2C[C@@H]1N1CCCC1. The van der Waals surface area contributed by atoms with Gasteiger partial charge in [0, 0.05) is 15.6 Å². The van der Waals surface area contributed by atoms with Gasteiger partial charge >= 0.3 is 0 Å². The first-order valence-electron chi connectivity index (χ1n) is 8.26. The standard InChI is InChI=1S/C19H18Cl2FNO/c20-12-9-14-13(15(21)10-12)11-17(23-7-3-4-8-23)19(14)24-18-6-2-1-5-16(18)22/h1-2,5-6,9-10,17,19H,3-4,7-8,11H2/t17-,19-/m0/s1. The maximum absolute atomic E-state index is 14.1. The molecule has 2 nitrogen and oxygen atoms in total. The minimum atomic E-state index is -0.348. The third kappa shape index (κ3) is 2.90. The highest BCUT2D eigenvalue weighted by Crippen LogP contribution is 2.43. The summed E-state index contributed by atoms with van der Waals surface area (Å²) in [5.41, 5.74) is 2.05. The van der Waals surface area contributed by atoms with Gasteiger partial charge < -0.3 is 4.74 Å². The first-order chi connectivity index (χ1) is 11.6. The Morgan fingerprint density at radius 3 is 2.58 bits per heavy atom. The molecule has 0 saturated carbocycles. The van der Waals surface area contributed by atoms with E-state index in [-0.39, 0.29) is 23.7 Å². The van der Waals surface area contributed by atoms with Crippen LogP contribution in [0.4, 0.5) is 4.39 Å². The summed E-state index contributed by atoms with van der Waals surface area (Å²) >= 11 is 12.6. The number of hydrogen-bond acceptors (Lipinski definition) is 2. The van der Waals surface area contributed by atoms with Gasteiger partial charge in [-0.3, -0.25) is 4.90 Å². The average Bonchev–Trinajstić information content (AvgIpc) is 3.18. The third-order valence-corrected chi connectivity index (χ3v) is 5.52. The van der Waals surface area contributed by atoms with Crippen LogP contribution in [-0.4, -0.2) is 24.0 Å². The first-order valence-corrected chi connectivity index (χ1v) is 9.02. The molecule has 2 aromatic carbocycles. The summed E-state index contributed by atoms with van der Waals surface area (Å²) in [5.74, 6) is -0.0742. The van der Waals surface area contributed by atoms with Crippen molar-refractivity contribution < 1.29 is 9.13 Å². The lowest BCUT2D eigenvalue weighted by Gasteiger charge is -2.30. The molecule has 1 saturated heterocycles. The van der Waals surface area contributed by atoms with Crippen molar-refractivity contribution >= 4 is 23.2 Å². The molecule has 0 aromatic heterocycles. The van der Waals surface area contributed by atoms with Crippen LogP contribution in [0, 0.1) is 5.82 Å². The normalized spacial score (nSPS) is 23.5. The van der Waals surface area contributed by atoms with Gasteiger partial charge in [0.2, 0.25) is 0 Å². The molecule has 2 aromatic rings. The van der Waals surface area contributed by atoms with E-state index in [1.165, 1.54) is 18.9 Å². The molecule has 0 radical (unpaired) electrons. The monoisotopic (exact) mass is 365 g/mol. The molecule has 1 fully saturated rings. The molecule has 126 valence electrons. The topological polar surface area (TPSA) is 12.5 Å². The largest absolute Gasteiger partial charge is 0.481 e. The summed E-state index contributed by atoms with van der Waals surface area (Å²) in [5, 5.41) is 1.25. The van der Waals surface area contributed by atoms with E-state index in [9.17, 15) is 4.39 Å². The fraction of sp³-hybridized carbons (Fsp3) is 0.368. The van der Waals surface area contributed by atoms with E-state index >= 15 is 0 Å². The number of halogens is 3. The van der Waals surface area contributed by atoms with Crippen molar-refractivity contribution in [2.75, 3.05) is 13.1 Å². The van der Waals surface area contributed by atoms with Gasteiger partial charge in [0.1, 0.15) is 6.10 Å². The fourth-order valence-corrected chi connectivity index (χ4v) is 4.42. The Bertz CT molecular complexity index is 761. The molecule has 5 heteroatoms. The van der Waals surface area contributed by atoms with Crippen LogP contribution >= 0.6 is 23.2 Å². The maximum atomic E-state index is 14.1. The van der Waals surface area contributed by atoms with Crippen LogP contribution < -0.4 is 4.74 Å². The number of rotatable bonds is 3. The molecule has 0 spiro atoms. The molecule has 1 aliphatic carbocycles. The van der Waals surface area contributed by atoms with Crippen molar-refractivity contribution in [2.45, 2.75) is 31.4 Å². The van der Waals surface area contributed by atoms with Crippen molar-refractivity contribution in [2.24, 2.45) is 0 Å². The van der Waals surface area contributed by atoms with Gasteiger partial charge in [-0.25, -0.2) is 4.39 Å². The zero-order valence-electron chi connectivity index (χ0n) is 13.1.